The lowest BCUT2D eigenvalue weighted by Gasteiger charge is -2.38. The zero-order valence-corrected chi connectivity index (χ0v) is 20.4. The average Bonchev–Trinajstić information content (AvgIpc) is 3.03. The van der Waals surface area contributed by atoms with Crippen LogP contribution in [0.25, 0.3) is 0 Å². The number of rotatable bonds is 6. The van der Waals surface area contributed by atoms with Crippen LogP contribution in [0.1, 0.15) is 31.4 Å². The zero-order valence-electron chi connectivity index (χ0n) is 17.3. The van der Waals surface area contributed by atoms with E-state index in [2.05, 4.69) is 37.2 Å². The molecule has 3 rings (SSSR count). The summed E-state index contributed by atoms with van der Waals surface area (Å²) in [5.41, 5.74) is 1.04. The van der Waals surface area contributed by atoms with E-state index in [4.69, 9.17) is 16.6 Å². The van der Waals surface area contributed by atoms with Gasteiger partial charge in [-0.05, 0) is 19.4 Å². The van der Waals surface area contributed by atoms with Crippen molar-refractivity contribution >= 4 is 47.2 Å². The summed E-state index contributed by atoms with van der Waals surface area (Å²) in [5, 5.41) is 12.6. The van der Waals surface area contributed by atoms with Gasteiger partial charge in [0, 0.05) is 52.2 Å². The van der Waals surface area contributed by atoms with Gasteiger partial charge in [-0.3, -0.25) is 4.98 Å². The Morgan fingerprint density at radius 1 is 1.24 bits per heavy atom. The molecule has 1 N–H and O–H groups in total. The average molecular weight is 533 g/mol. The quantitative estimate of drug-likeness (QED) is 0.267. The number of halogens is 2. The Kier molecular flexibility index (Phi) is 9.41. The molecule has 1 fully saturated rings. The van der Waals surface area contributed by atoms with Crippen LogP contribution in [0.4, 0.5) is 5.69 Å². The molecule has 0 unspecified atom stereocenters. The number of aliphatic imine (C=N–C) groups is 1. The molecule has 0 aromatic carbocycles. The molecule has 0 bridgehead atoms. The first-order valence-electron chi connectivity index (χ1n) is 9.82. The maximum absolute atomic E-state index is 6.31. The Bertz CT molecular complexity index is 801. The number of hydrogen-bond donors (Lipinski definition) is 1. The Morgan fingerprint density at radius 2 is 2.00 bits per heavy atom. The summed E-state index contributed by atoms with van der Waals surface area (Å²) in [6, 6.07) is 1.98. The molecule has 0 atom stereocenters. The number of aryl methyl sites for hydroxylation is 1. The minimum atomic E-state index is 0. The third-order valence-electron chi connectivity index (χ3n) is 5.04. The summed E-state index contributed by atoms with van der Waals surface area (Å²) >= 11 is 6.31. The Labute approximate surface area is 194 Å². The molecule has 0 aliphatic carbocycles. The summed E-state index contributed by atoms with van der Waals surface area (Å²) in [6.07, 6.45) is 5.76. The molecule has 8 nitrogen and oxygen atoms in total. The van der Waals surface area contributed by atoms with Crippen molar-refractivity contribution < 1.29 is 0 Å². The van der Waals surface area contributed by atoms with Crippen LogP contribution in [0.15, 0.2) is 23.5 Å². The van der Waals surface area contributed by atoms with Crippen molar-refractivity contribution in [1.82, 2.24) is 30.0 Å². The fourth-order valence-corrected chi connectivity index (χ4v) is 3.40. The summed E-state index contributed by atoms with van der Waals surface area (Å²) in [7, 11) is 1.97. The van der Waals surface area contributed by atoms with Crippen LogP contribution in [0, 0.1) is 6.92 Å². The molecule has 2 aromatic rings. The van der Waals surface area contributed by atoms with Crippen molar-refractivity contribution in [1.29, 1.82) is 0 Å². The first kappa shape index (κ1) is 23.7. The van der Waals surface area contributed by atoms with Gasteiger partial charge in [-0.1, -0.05) is 24.9 Å². The normalized spacial score (nSPS) is 14.7. The second-order valence-corrected chi connectivity index (χ2v) is 7.35. The van der Waals surface area contributed by atoms with Gasteiger partial charge in [-0.2, -0.15) is 0 Å². The molecular weight excluding hydrogens is 503 g/mol. The van der Waals surface area contributed by atoms with Gasteiger partial charge in [0.15, 0.2) is 11.8 Å². The van der Waals surface area contributed by atoms with Gasteiger partial charge >= 0.3 is 0 Å². The SMILES string of the molecule is CCCCNC(=NCc1nnc(C)n1C)N1CCN(c2ccncc2Cl)CC1.I. The third kappa shape index (κ3) is 6.18. The fraction of sp³-hybridized carbons (Fsp3) is 0.579. The van der Waals surface area contributed by atoms with Crippen LogP contribution in [0.3, 0.4) is 0 Å². The minimum Gasteiger partial charge on any atom is -0.367 e. The van der Waals surface area contributed by atoms with Gasteiger partial charge in [0.2, 0.25) is 0 Å². The molecule has 0 radical (unpaired) electrons. The lowest BCUT2D eigenvalue weighted by molar-refractivity contribution is 0.371. The Morgan fingerprint density at radius 3 is 2.62 bits per heavy atom. The molecular formula is C19H30ClIN8. The third-order valence-corrected chi connectivity index (χ3v) is 5.33. The largest absolute Gasteiger partial charge is 0.367 e. The molecule has 10 heteroatoms. The van der Waals surface area contributed by atoms with Crippen molar-refractivity contribution in [2.45, 2.75) is 33.2 Å². The van der Waals surface area contributed by atoms with E-state index in [1.54, 1.807) is 12.4 Å². The first-order chi connectivity index (χ1) is 13.6. The molecule has 0 saturated carbocycles. The lowest BCUT2D eigenvalue weighted by Crippen LogP contribution is -2.52. The van der Waals surface area contributed by atoms with Crippen LogP contribution < -0.4 is 10.2 Å². The van der Waals surface area contributed by atoms with E-state index >= 15 is 0 Å². The number of nitrogens with one attached hydrogen (secondary N) is 1. The number of anilines is 1. The maximum Gasteiger partial charge on any atom is 0.194 e. The van der Waals surface area contributed by atoms with E-state index in [-0.39, 0.29) is 24.0 Å². The summed E-state index contributed by atoms with van der Waals surface area (Å²) in [6.45, 7) is 9.12. The number of hydrogen-bond acceptors (Lipinski definition) is 5. The monoisotopic (exact) mass is 532 g/mol. The highest BCUT2D eigenvalue weighted by molar-refractivity contribution is 14.0. The van der Waals surface area contributed by atoms with E-state index in [1.807, 2.05) is 24.6 Å². The summed E-state index contributed by atoms with van der Waals surface area (Å²) in [4.78, 5) is 13.5. The number of pyridine rings is 1. The van der Waals surface area contributed by atoms with E-state index in [9.17, 15) is 0 Å². The van der Waals surface area contributed by atoms with Gasteiger partial charge in [-0.15, -0.1) is 34.2 Å². The van der Waals surface area contributed by atoms with Crippen LogP contribution in [-0.4, -0.2) is 63.3 Å². The minimum absolute atomic E-state index is 0. The first-order valence-corrected chi connectivity index (χ1v) is 10.2. The van der Waals surface area contributed by atoms with E-state index in [1.165, 1.54) is 0 Å². The van der Waals surface area contributed by atoms with Crippen molar-refractivity contribution in [3.8, 4) is 0 Å². The van der Waals surface area contributed by atoms with E-state index < -0.39 is 0 Å². The summed E-state index contributed by atoms with van der Waals surface area (Å²) < 4.78 is 1.98. The fourth-order valence-electron chi connectivity index (χ4n) is 3.16. The van der Waals surface area contributed by atoms with Gasteiger partial charge in [0.25, 0.3) is 0 Å². The Hall–Kier alpha value is -1.62. The number of guanidine groups is 1. The van der Waals surface area contributed by atoms with E-state index in [0.717, 1.165) is 68.9 Å². The van der Waals surface area contributed by atoms with Crippen LogP contribution >= 0.6 is 35.6 Å². The molecule has 0 spiro atoms. The van der Waals surface area contributed by atoms with Crippen molar-refractivity contribution in [2.75, 3.05) is 37.6 Å². The maximum atomic E-state index is 6.31. The van der Waals surface area contributed by atoms with Crippen LogP contribution in [0.5, 0.6) is 0 Å². The van der Waals surface area contributed by atoms with Crippen molar-refractivity contribution in [3.63, 3.8) is 0 Å². The molecule has 3 heterocycles. The second kappa shape index (κ2) is 11.5. The van der Waals surface area contributed by atoms with Crippen LogP contribution in [-0.2, 0) is 13.6 Å². The smallest absolute Gasteiger partial charge is 0.194 e. The molecule has 0 amide bonds. The highest BCUT2D eigenvalue weighted by atomic mass is 127. The topological polar surface area (TPSA) is 74.5 Å². The highest BCUT2D eigenvalue weighted by Gasteiger charge is 2.21. The van der Waals surface area contributed by atoms with E-state index in [0.29, 0.717) is 11.6 Å². The molecule has 29 heavy (non-hydrogen) atoms. The predicted molar refractivity (Wildman–Crippen MR) is 128 cm³/mol. The zero-order chi connectivity index (χ0) is 19.9. The molecule has 1 saturated heterocycles. The van der Waals surface area contributed by atoms with Gasteiger partial charge in [0.05, 0.1) is 10.7 Å². The standard InChI is InChI=1S/C19H29ClN8.HI/c1-4-5-7-22-19(23-14-18-25-24-15(2)26(18)3)28-11-9-27(10-12-28)17-6-8-21-13-16(17)20;/h6,8,13H,4-5,7,9-12,14H2,1-3H3,(H,22,23);1H. The second-order valence-electron chi connectivity index (χ2n) is 6.94. The molecule has 160 valence electrons. The lowest BCUT2D eigenvalue weighted by atomic mass is 10.2. The van der Waals surface area contributed by atoms with Crippen molar-refractivity contribution in [3.05, 3.63) is 35.1 Å². The molecule has 1 aliphatic rings. The van der Waals surface area contributed by atoms with Gasteiger partial charge in [-0.25, -0.2) is 4.99 Å². The number of unbranched alkanes of at least 4 members (excludes halogenated alkanes) is 1. The predicted octanol–water partition coefficient (Wildman–Crippen LogP) is 2.86. The number of nitrogens with zero attached hydrogens (tertiary/aromatic N) is 7. The van der Waals surface area contributed by atoms with Crippen LogP contribution in [0.2, 0.25) is 5.02 Å². The molecule has 2 aromatic heterocycles. The number of piperazine rings is 1. The highest BCUT2D eigenvalue weighted by Crippen LogP contribution is 2.25. The van der Waals surface area contributed by atoms with Gasteiger partial charge < -0.3 is 19.7 Å². The van der Waals surface area contributed by atoms with Crippen molar-refractivity contribution in [2.24, 2.45) is 12.0 Å². The summed E-state index contributed by atoms with van der Waals surface area (Å²) in [5.74, 6) is 2.71. The Balaban J connectivity index is 0.00000300. The molecule has 1 aliphatic heterocycles. The number of aromatic nitrogens is 4. The van der Waals surface area contributed by atoms with Gasteiger partial charge in [0.1, 0.15) is 12.4 Å².